The first kappa shape index (κ1) is 16.5. The summed E-state index contributed by atoms with van der Waals surface area (Å²) in [7, 11) is 0. The van der Waals surface area contributed by atoms with Crippen LogP contribution in [-0.4, -0.2) is 37.5 Å². The van der Waals surface area contributed by atoms with E-state index in [1.54, 1.807) is 0 Å². The number of hydrogen-bond donors (Lipinski definition) is 1. The first-order valence-electron chi connectivity index (χ1n) is 6.40. The quantitative estimate of drug-likeness (QED) is 0.853. The number of alkyl halides is 5. The molecule has 118 valence electrons. The number of hydrogen-bond acceptors (Lipinski definition) is 2. The van der Waals surface area contributed by atoms with Gasteiger partial charge in [0.05, 0.1) is 11.6 Å². The van der Waals surface area contributed by atoms with Crippen molar-refractivity contribution in [2.24, 2.45) is 0 Å². The van der Waals surface area contributed by atoms with Crippen LogP contribution >= 0.6 is 11.6 Å². The molecule has 0 spiro atoms. The lowest BCUT2D eigenvalue weighted by Crippen LogP contribution is -2.47. The number of benzene rings is 1. The molecule has 0 saturated carbocycles. The average molecular weight is 329 g/mol. The molecule has 0 radical (unpaired) electrons. The minimum atomic E-state index is -4.72. The predicted molar refractivity (Wildman–Crippen MR) is 69.6 cm³/mol. The largest absolute Gasteiger partial charge is 0.416 e. The fourth-order valence-electron chi connectivity index (χ4n) is 2.48. The number of nitrogens with one attached hydrogen (secondary N) is 1. The van der Waals surface area contributed by atoms with E-state index in [4.69, 9.17) is 11.6 Å². The third-order valence-corrected chi connectivity index (χ3v) is 3.66. The summed E-state index contributed by atoms with van der Waals surface area (Å²) in [6.07, 6.45) is -7.63. The summed E-state index contributed by atoms with van der Waals surface area (Å²) in [6.45, 7) is 1.49. The van der Waals surface area contributed by atoms with Crippen molar-refractivity contribution in [3.63, 3.8) is 0 Å². The number of nitrogens with zero attached hydrogens (tertiary/aromatic N) is 1. The van der Waals surface area contributed by atoms with Gasteiger partial charge in [-0.2, -0.15) is 13.2 Å². The average Bonchev–Trinajstić information content (AvgIpc) is 2.40. The first-order valence-corrected chi connectivity index (χ1v) is 6.78. The SMILES string of the molecule is FC(F)[C@@H](c1ccc(Cl)cc1C(F)(F)F)N1CCNCC1. The van der Waals surface area contributed by atoms with Gasteiger partial charge in [-0.25, -0.2) is 8.78 Å². The van der Waals surface area contributed by atoms with Crippen LogP contribution in [0, 0.1) is 0 Å². The Bertz CT molecular complexity index is 486. The van der Waals surface area contributed by atoms with Gasteiger partial charge in [0.15, 0.2) is 0 Å². The Hall–Kier alpha value is -0.920. The molecule has 1 N–H and O–H groups in total. The van der Waals surface area contributed by atoms with Gasteiger partial charge in [-0.1, -0.05) is 17.7 Å². The van der Waals surface area contributed by atoms with Crippen LogP contribution in [0.1, 0.15) is 17.2 Å². The van der Waals surface area contributed by atoms with Gasteiger partial charge in [-0.15, -0.1) is 0 Å². The highest BCUT2D eigenvalue weighted by Gasteiger charge is 2.40. The smallest absolute Gasteiger partial charge is 0.314 e. The van der Waals surface area contributed by atoms with Crippen LogP contribution in [0.5, 0.6) is 0 Å². The minimum absolute atomic E-state index is 0.126. The Morgan fingerprint density at radius 2 is 1.76 bits per heavy atom. The van der Waals surface area contributed by atoms with Crippen LogP contribution in [-0.2, 0) is 6.18 Å². The second-order valence-corrected chi connectivity index (χ2v) is 5.23. The van der Waals surface area contributed by atoms with Gasteiger partial charge >= 0.3 is 6.18 Å². The fourth-order valence-corrected chi connectivity index (χ4v) is 2.66. The molecule has 0 amide bonds. The molecule has 1 fully saturated rings. The van der Waals surface area contributed by atoms with Gasteiger partial charge in [0.2, 0.25) is 0 Å². The summed E-state index contributed by atoms with van der Waals surface area (Å²) in [4.78, 5) is 1.37. The van der Waals surface area contributed by atoms with E-state index in [-0.39, 0.29) is 18.1 Å². The van der Waals surface area contributed by atoms with Gasteiger partial charge in [0, 0.05) is 31.2 Å². The number of halogens is 6. The highest BCUT2D eigenvalue weighted by atomic mass is 35.5. The Morgan fingerprint density at radius 1 is 1.14 bits per heavy atom. The van der Waals surface area contributed by atoms with E-state index in [0.29, 0.717) is 19.2 Å². The minimum Gasteiger partial charge on any atom is -0.314 e. The van der Waals surface area contributed by atoms with E-state index >= 15 is 0 Å². The van der Waals surface area contributed by atoms with E-state index in [1.807, 2.05) is 0 Å². The predicted octanol–water partition coefficient (Wildman–Crippen LogP) is 3.57. The molecule has 1 aromatic carbocycles. The zero-order valence-corrected chi connectivity index (χ0v) is 11.7. The van der Waals surface area contributed by atoms with Crippen molar-refractivity contribution in [1.29, 1.82) is 0 Å². The van der Waals surface area contributed by atoms with Crippen LogP contribution in [0.2, 0.25) is 5.02 Å². The zero-order valence-electron chi connectivity index (χ0n) is 10.9. The van der Waals surface area contributed by atoms with Crippen LogP contribution in [0.4, 0.5) is 22.0 Å². The molecule has 0 aliphatic carbocycles. The molecule has 21 heavy (non-hydrogen) atoms. The second kappa shape index (κ2) is 6.46. The van der Waals surface area contributed by atoms with Crippen LogP contribution in [0.15, 0.2) is 18.2 Å². The van der Waals surface area contributed by atoms with Crippen molar-refractivity contribution >= 4 is 11.6 Å². The van der Waals surface area contributed by atoms with Crippen LogP contribution < -0.4 is 5.32 Å². The Morgan fingerprint density at radius 3 is 2.29 bits per heavy atom. The molecule has 1 aromatic rings. The van der Waals surface area contributed by atoms with Gasteiger partial charge in [-0.3, -0.25) is 4.90 Å². The van der Waals surface area contributed by atoms with Gasteiger partial charge < -0.3 is 5.32 Å². The molecule has 0 bridgehead atoms. The van der Waals surface area contributed by atoms with Crippen molar-refractivity contribution in [3.05, 3.63) is 34.3 Å². The highest BCUT2D eigenvalue weighted by molar-refractivity contribution is 6.30. The van der Waals surface area contributed by atoms with E-state index in [9.17, 15) is 22.0 Å². The maximum atomic E-state index is 13.4. The Kier molecular flexibility index (Phi) is 5.06. The molecule has 2 rings (SSSR count). The van der Waals surface area contributed by atoms with Crippen molar-refractivity contribution in [1.82, 2.24) is 10.2 Å². The van der Waals surface area contributed by atoms with Gasteiger partial charge in [0.25, 0.3) is 6.43 Å². The summed E-state index contributed by atoms with van der Waals surface area (Å²) in [5.74, 6) is 0. The third-order valence-electron chi connectivity index (χ3n) is 3.42. The summed E-state index contributed by atoms with van der Waals surface area (Å²) in [6, 6.07) is 1.38. The first-order chi connectivity index (χ1) is 9.80. The Balaban J connectivity index is 2.44. The summed E-state index contributed by atoms with van der Waals surface area (Å²) in [5.41, 5.74) is -1.53. The molecule has 8 heteroatoms. The summed E-state index contributed by atoms with van der Waals surface area (Å²) >= 11 is 5.58. The standard InChI is InChI=1S/C13H14ClF5N2/c14-8-1-2-9(10(7-8)13(17,18)19)11(12(15)16)21-5-3-20-4-6-21/h1-2,7,11-12,20H,3-6H2/t11-/m1/s1. The molecule has 2 nitrogen and oxygen atoms in total. The van der Waals surface area contributed by atoms with E-state index < -0.39 is 29.8 Å². The topological polar surface area (TPSA) is 15.3 Å². The van der Waals surface area contributed by atoms with Gasteiger partial charge in [-0.05, 0) is 17.7 Å². The molecular weight excluding hydrogens is 315 g/mol. The monoisotopic (exact) mass is 328 g/mol. The lowest BCUT2D eigenvalue weighted by molar-refractivity contribution is -0.139. The molecule has 1 atom stereocenters. The summed E-state index contributed by atoms with van der Waals surface area (Å²) < 4.78 is 66.0. The summed E-state index contributed by atoms with van der Waals surface area (Å²) in [5, 5.41) is 2.86. The van der Waals surface area contributed by atoms with Crippen LogP contribution in [0.25, 0.3) is 0 Å². The third kappa shape index (κ3) is 3.84. The van der Waals surface area contributed by atoms with Gasteiger partial charge in [0.1, 0.15) is 0 Å². The van der Waals surface area contributed by atoms with E-state index in [2.05, 4.69) is 5.32 Å². The molecule has 0 aromatic heterocycles. The zero-order chi connectivity index (χ0) is 15.6. The molecule has 1 heterocycles. The molecule has 1 saturated heterocycles. The van der Waals surface area contributed by atoms with Crippen molar-refractivity contribution < 1.29 is 22.0 Å². The number of piperazine rings is 1. The van der Waals surface area contributed by atoms with E-state index in [0.717, 1.165) is 6.07 Å². The second-order valence-electron chi connectivity index (χ2n) is 4.79. The van der Waals surface area contributed by atoms with Crippen molar-refractivity contribution in [2.75, 3.05) is 26.2 Å². The maximum absolute atomic E-state index is 13.4. The fraction of sp³-hybridized carbons (Fsp3) is 0.538. The lowest BCUT2D eigenvalue weighted by atomic mass is 9.98. The maximum Gasteiger partial charge on any atom is 0.416 e. The molecular formula is C13H14ClF5N2. The van der Waals surface area contributed by atoms with Crippen LogP contribution in [0.3, 0.4) is 0 Å². The normalized spacial score (nSPS) is 19.0. The lowest BCUT2D eigenvalue weighted by Gasteiger charge is -2.35. The van der Waals surface area contributed by atoms with Crippen molar-refractivity contribution in [3.8, 4) is 0 Å². The van der Waals surface area contributed by atoms with E-state index in [1.165, 1.54) is 11.0 Å². The highest BCUT2D eigenvalue weighted by Crippen LogP contribution is 2.39. The number of rotatable bonds is 3. The Labute approximate surface area is 123 Å². The molecule has 0 unspecified atom stereocenters. The molecule has 1 aliphatic heterocycles. The molecule has 1 aliphatic rings. The van der Waals surface area contributed by atoms with Crippen molar-refractivity contribution in [2.45, 2.75) is 18.6 Å².